The topological polar surface area (TPSA) is 85.3 Å². The fourth-order valence-corrected chi connectivity index (χ4v) is 5.07. The van der Waals surface area contributed by atoms with Gasteiger partial charge in [0, 0.05) is 24.7 Å². The number of morpholine rings is 1. The lowest BCUT2D eigenvalue weighted by Crippen LogP contribution is -2.40. The molecule has 1 aliphatic heterocycles. The maximum Gasteiger partial charge on any atom is 0.451 e. The number of alkyl halides is 3. The molecule has 0 atom stereocenters. The number of nitrogens with zero attached hydrogens (tertiary/aromatic N) is 4. The first kappa shape index (κ1) is 21.0. The van der Waals surface area contributed by atoms with Gasteiger partial charge in [-0.2, -0.15) is 17.5 Å². The van der Waals surface area contributed by atoms with Gasteiger partial charge in [0.1, 0.15) is 14.9 Å². The number of aromatic nitrogens is 3. The molecule has 1 aromatic carbocycles. The molecule has 4 rings (SSSR count). The number of rotatable bonds is 4. The van der Waals surface area contributed by atoms with Crippen LogP contribution in [-0.4, -0.2) is 54.0 Å². The minimum absolute atomic E-state index is 0.0114. The molecular formula is C18H15F3N4O3S2. The summed E-state index contributed by atoms with van der Waals surface area (Å²) in [5.41, 5.74) is 0.161. The molecule has 2 aromatic heterocycles. The predicted octanol–water partition coefficient (Wildman–Crippen LogP) is 3.22. The quantitative estimate of drug-likeness (QED) is 0.558. The normalized spacial score (nSPS) is 16.1. The molecule has 0 saturated carbocycles. The van der Waals surface area contributed by atoms with Crippen LogP contribution < -0.4 is 0 Å². The molecule has 0 bridgehead atoms. The standard InChI is InChI=1S/C18H15F3N4O3S2/c19-18(20,21)17-23-14-4-2-1-3-13(14)16(24-17)29-15-6-5-12(11-22-15)30(26,27)25-7-9-28-10-8-25/h1-6,11H,7-10H2. The lowest BCUT2D eigenvalue weighted by atomic mass is 10.2. The summed E-state index contributed by atoms with van der Waals surface area (Å²) in [6.07, 6.45) is -3.50. The Morgan fingerprint density at radius 2 is 1.77 bits per heavy atom. The van der Waals surface area contributed by atoms with Gasteiger partial charge < -0.3 is 4.74 Å². The maximum absolute atomic E-state index is 13.2. The zero-order valence-electron chi connectivity index (χ0n) is 15.3. The van der Waals surface area contributed by atoms with Crippen LogP contribution in [-0.2, 0) is 20.9 Å². The molecule has 0 N–H and O–H groups in total. The second-order valence-electron chi connectivity index (χ2n) is 6.32. The Kier molecular flexibility index (Phi) is 5.66. The third-order valence-electron chi connectivity index (χ3n) is 4.34. The molecule has 0 radical (unpaired) electrons. The van der Waals surface area contributed by atoms with Crippen LogP contribution in [0.2, 0.25) is 0 Å². The van der Waals surface area contributed by atoms with E-state index in [-0.39, 0.29) is 28.5 Å². The highest BCUT2D eigenvalue weighted by atomic mass is 32.2. The monoisotopic (exact) mass is 456 g/mol. The van der Waals surface area contributed by atoms with E-state index in [4.69, 9.17) is 4.74 Å². The van der Waals surface area contributed by atoms with Crippen molar-refractivity contribution in [1.82, 2.24) is 19.3 Å². The second kappa shape index (κ2) is 8.10. The number of ether oxygens (including phenoxy) is 1. The van der Waals surface area contributed by atoms with Crippen LogP contribution in [0, 0.1) is 0 Å². The molecule has 0 aliphatic carbocycles. The molecule has 1 aliphatic rings. The number of halogens is 3. The van der Waals surface area contributed by atoms with Gasteiger partial charge in [-0.1, -0.05) is 18.2 Å². The third kappa shape index (κ3) is 4.26. The van der Waals surface area contributed by atoms with Crippen LogP contribution in [0.25, 0.3) is 10.9 Å². The SMILES string of the molecule is O=S(=O)(c1ccc(Sc2nc(C(F)(F)F)nc3ccccc23)nc1)N1CCOCC1. The maximum atomic E-state index is 13.2. The Labute approximate surface area is 174 Å². The average Bonchev–Trinajstić information content (AvgIpc) is 2.74. The van der Waals surface area contributed by atoms with E-state index in [2.05, 4.69) is 15.0 Å². The molecule has 3 aromatic rings. The molecule has 158 valence electrons. The first-order valence-corrected chi connectivity index (χ1v) is 11.1. The molecule has 1 fully saturated rings. The third-order valence-corrected chi connectivity index (χ3v) is 7.18. The molecule has 0 unspecified atom stereocenters. The van der Waals surface area contributed by atoms with E-state index in [1.165, 1.54) is 28.7 Å². The van der Waals surface area contributed by atoms with Crippen LogP contribution in [0.15, 0.2) is 57.5 Å². The van der Waals surface area contributed by atoms with Crippen molar-refractivity contribution in [1.29, 1.82) is 0 Å². The molecule has 12 heteroatoms. The Bertz CT molecular complexity index is 1170. The summed E-state index contributed by atoms with van der Waals surface area (Å²) in [6, 6.07) is 9.19. The van der Waals surface area contributed by atoms with Crippen LogP contribution in [0.3, 0.4) is 0 Å². The van der Waals surface area contributed by atoms with Crippen molar-refractivity contribution in [3.8, 4) is 0 Å². The largest absolute Gasteiger partial charge is 0.451 e. The molecule has 1 saturated heterocycles. The zero-order chi connectivity index (χ0) is 21.4. The van der Waals surface area contributed by atoms with Crippen molar-refractivity contribution in [3.05, 3.63) is 48.4 Å². The van der Waals surface area contributed by atoms with E-state index in [1.807, 2.05) is 0 Å². The minimum atomic E-state index is -4.69. The summed E-state index contributed by atoms with van der Waals surface area (Å²) in [5.74, 6) is -1.24. The second-order valence-corrected chi connectivity index (χ2v) is 9.26. The number of pyridine rings is 1. The van der Waals surface area contributed by atoms with Crippen LogP contribution in [0.4, 0.5) is 13.2 Å². The van der Waals surface area contributed by atoms with E-state index >= 15 is 0 Å². The number of fused-ring (bicyclic) bond motifs is 1. The summed E-state index contributed by atoms with van der Waals surface area (Å²) < 4.78 is 71.3. The lowest BCUT2D eigenvalue weighted by Gasteiger charge is -2.25. The highest BCUT2D eigenvalue weighted by Crippen LogP contribution is 2.34. The lowest BCUT2D eigenvalue weighted by molar-refractivity contribution is -0.145. The van der Waals surface area contributed by atoms with E-state index in [0.29, 0.717) is 23.6 Å². The molecule has 30 heavy (non-hydrogen) atoms. The van der Waals surface area contributed by atoms with E-state index in [1.54, 1.807) is 18.2 Å². The van der Waals surface area contributed by atoms with Gasteiger partial charge in [0.25, 0.3) is 0 Å². The minimum Gasteiger partial charge on any atom is -0.379 e. The van der Waals surface area contributed by atoms with E-state index < -0.39 is 22.0 Å². The average molecular weight is 456 g/mol. The zero-order valence-corrected chi connectivity index (χ0v) is 17.0. The molecule has 0 amide bonds. The number of benzene rings is 1. The highest BCUT2D eigenvalue weighted by Gasteiger charge is 2.35. The van der Waals surface area contributed by atoms with Gasteiger partial charge >= 0.3 is 6.18 Å². The van der Waals surface area contributed by atoms with E-state index in [9.17, 15) is 21.6 Å². The number of hydrogen-bond acceptors (Lipinski definition) is 7. The van der Waals surface area contributed by atoms with Gasteiger partial charge in [-0.3, -0.25) is 0 Å². The summed E-state index contributed by atoms with van der Waals surface area (Å²) in [7, 11) is -3.71. The van der Waals surface area contributed by atoms with Crippen molar-refractivity contribution < 1.29 is 26.3 Å². The molecule has 0 spiro atoms. The Hall–Kier alpha value is -2.28. The van der Waals surface area contributed by atoms with Crippen molar-refractivity contribution in [2.45, 2.75) is 21.1 Å². The van der Waals surface area contributed by atoms with Crippen LogP contribution in [0.1, 0.15) is 5.82 Å². The van der Waals surface area contributed by atoms with Gasteiger partial charge in [-0.25, -0.2) is 23.4 Å². The summed E-state index contributed by atoms with van der Waals surface area (Å²) >= 11 is 0.912. The Balaban J connectivity index is 1.64. The van der Waals surface area contributed by atoms with Crippen LogP contribution >= 0.6 is 11.8 Å². The summed E-state index contributed by atoms with van der Waals surface area (Å²) in [4.78, 5) is 11.4. The number of sulfonamides is 1. The molecular weight excluding hydrogens is 441 g/mol. The number of hydrogen-bond donors (Lipinski definition) is 0. The smallest absolute Gasteiger partial charge is 0.379 e. The van der Waals surface area contributed by atoms with Gasteiger partial charge in [0.05, 0.1) is 18.7 Å². The van der Waals surface area contributed by atoms with E-state index in [0.717, 1.165) is 11.8 Å². The summed E-state index contributed by atoms with van der Waals surface area (Å²) in [6.45, 7) is 1.16. The van der Waals surface area contributed by atoms with Gasteiger partial charge in [0.15, 0.2) is 0 Å². The fraction of sp³-hybridized carbons (Fsp3) is 0.278. The van der Waals surface area contributed by atoms with Gasteiger partial charge in [-0.15, -0.1) is 0 Å². The first-order valence-electron chi connectivity index (χ1n) is 8.81. The number of para-hydroxylation sites is 1. The fourth-order valence-electron chi connectivity index (χ4n) is 2.87. The van der Waals surface area contributed by atoms with Crippen molar-refractivity contribution in [2.75, 3.05) is 26.3 Å². The molecule has 7 nitrogen and oxygen atoms in total. The van der Waals surface area contributed by atoms with Gasteiger partial charge in [-0.05, 0) is 30.0 Å². The summed E-state index contributed by atoms with van der Waals surface area (Å²) in [5, 5.41) is 0.847. The Morgan fingerprint density at radius 3 is 2.43 bits per heavy atom. The van der Waals surface area contributed by atoms with Crippen LogP contribution in [0.5, 0.6) is 0 Å². The Morgan fingerprint density at radius 1 is 1.03 bits per heavy atom. The van der Waals surface area contributed by atoms with Crippen molar-refractivity contribution in [2.24, 2.45) is 0 Å². The van der Waals surface area contributed by atoms with Gasteiger partial charge in [0.2, 0.25) is 15.8 Å². The van der Waals surface area contributed by atoms with Crippen molar-refractivity contribution in [3.63, 3.8) is 0 Å². The predicted molar refractivity (Wildman–Crippen MR) is 102 cm³/mol. The highest BCUT2D eigenvalue weighted by molar-refractivity contribution is 7.99. The molecule has 3 heterocycles. The first-order chi connectivity index (χ1) is 14.2. The van der Waals surface area contributed by atoms with Crippen molar-refractivity contribution >= 4 is 32.7 Å².